The van der Waals surface area contributed by atoms with Crippen LogP contribution in [-0.2, 0) is 9.59 Å². The van der Waals surface area contributed by atoms with Crippen LogP contribution in [0.2, 0.25) is 0 Å². The highest BCUT2D eigenvalue weighted by Crippen LogP contribution is 2.19. The average Bonchev–Trinajstić information content (AvgIpc) is 2.64. The molecule has 0 bridgehead atoms. The molecule has 1 saturated heterocycles. The number of para-hydroxylation sites is 2. The van der Waals surface area contributed by atoms with Gasteiger partial charge in [0, 0.05) is 17.9 Å². The SMILES string of the molecule is Cc1ccccc1NC(=O)CN1CCC[C@@H](C(=O)Nc2ccccc2)C1. The van der Waals surface area contributed by atoms with E-state index in [4.69, 9.17) is 0 Å². The summed E-state index contributed by atoms with van der Waals surface area (Å²) in [5.41, 5.74) is 2.69. The molecule has 1 atom stereocenters. The highest BCUT2D eigenvalue weighted by molar-refractivity contribution is 5.94. The molecule has 0 saturated carbocycles. The lowest BCUT2D eigenvalue weighted by Gasteiger charge is -2.31. The van der Waals surface area contributed by atoms with Gasteiger partial charge in [0.2, 0.25) is 11.8 Å². The summed E-state index contributed by atoms with van der Waals surface area (Å²) >= 11 is 0. The number of hydrogen-bond acceptors (Lipinski definition) is 3. The Morgan fingerprint density at radius 3 is 2.54 bits per heavy atom. The summed E-state index contributed by atoms with van der Waals surface area (Å²) in [4.78, 5) is 26.9. The van der Waals surface area contributed by atoms with Gasteiger partial charge in [-0.3, -0.25) is 14.5 Å². The first kappa shape index (κ1) is 18.1. The highest BCUT2D eigenvalue weighted by Gasteiger charge is 2.27. The molecule has 0 radical (unpaired) electrons. The quantitative estimate of drug-likeness (QED) is 0.869. The number of hydrogen-bond donors (Lipinski definition) is 2. The van der Waals surface area contributed by atoms with Crippen LogP contribution in [0.5, 0.6) is 0 Å². The van der Waals surface area contributed by atoms with E-state index in [-0.39, 0.29) is 17.7 Å². The van der Waals surface area contributed by atoms with Crippen LogP contribution in [0.25, 0.3) is 0 Å². The number of aryl methyl sites for hydroxylation is 1. The maximum absolute atomic E-state index is 12.5. The predicted octanol–water partition coefficient (Wildman–Crippen LogP) is 3.28. The first-order valence-electron chi connectivity index (χ1n) is 9.05. The molecule has 2 aromatic carbocycles. The number of anilines is 2. The number of nitrogens with one attached hydrogen (secondary N) is 2. The zero-order valence-electron chi connectivity index (χ0n) is 15.1. The fourth-order valence-electron chi connectivity index (χ4n) is 3.28. The predicted molar refractivity (Wildman–Crippen MR) is 104 cm³/mol. The molecule has 5 nitrogen and oxygen atoms in total. The molecule has 2 N–H and O–H groups in total. The third-order valence-corrected chi connectivity index (χ3v) is 4.70. The van der Waals surface area contributed by atoms with Crippen molar-refractivity contribution in [3.05, 3.63) is 60.2 Å². The van der Waals surface area contributed by atoms with E-state index in [0.29, 0.717) is 13.1 Å². The summed E-state index contributed by atoms with van der Waals surface area (Å²) in [6.45, 7) is 3.74. The number of amides is 2. The van der Waals surface area contributed by atoms with Gasteiger partial charge in [0.05, 0.1) is 12.5 Å². The second kappa shape index (κ2) is 8.63. The fourth-order valence-corrected chi connectivity index (χ4v) is 3.28. The topological polar surface area (TPSA) is 61.4 Å². The Balaban J connectivity index is 1.52. The van der Waals surface area contributed by atoms with E-state index >= 15 is 0 Å². The van der Waals surface area contributed by atoms with Gasteiger partial charge in [0.25, 0.3) is 0 Å². The van der Waals surface area contributed by atoms with Gasteiger partial charge in [-0.1, -0.05) is 36.4 Å². The molecule has 0 aromatic heterocycles. The van der Waals surface area contributed by atoms with Crippen LogP contribution >= 0.6 is 0 Å². The van der Waals surface area contributed by atoms with Gasteiger partial charge < -0.3 is 10.6 Å². The molecule has 2 aromatic rings. The molecular weight excluding hydrogens is 326 g/mol. The molecule has 0 spiro atoms. The Labute approximate surface area is 154 Å². The largest absolute Gasteiger partial charge is 0.326 e. The van der Waals surface area contributed by atoms with Gasteiger partial charge in [-0.05, 0) is 50.1 Å². The summed E-state index contributed by atoms with van der Waals surface area (Å²) in [7, 11) is 0. The molecule has 1 aliphatic rings. The Morgan fingerprint density at radius 2 is 1.77 bits per heavy atom. The Hall–Kier alpha value is -2.66. The minimum absolute atomic E-state index is 0.0280. The molecule has 5 heteroatoms. The van der Waals surface area contributed by atoms with Crippen LogP contribution in [0.4, 0.5) is 11.4 Å². The third kappa shape index (κ3) is 4.92. The number of nitrogens with zero attached hydrogens (tertiary/aromatic N) is 1. The lowest BCUT2D eigenvalue weighted by Crippen LogP contribution is -2.44. The fraction of sp³-hybridized carbons (Fsp3) is 0.333. The molecule has 0 aliphatic carbocycles. The number of benzene rings is 2. The van der Waals surface area contributed by atoms with Crippen molar-refractivity contribution in [1.29, 1.82) is 0 Å². The second-order valence-corrected chi connectivity index (χ2v) is 6.79. The van der Waals surface area contributed by atoms with Gasteiger partial charge in [-0.2, -0.15) is 0 Å². The Bertz CT molecular complexity index is 761. The summed E-state index contributed by atoms with van der Waals surface area (Å²) in [5.74, 6) is -0.0983. The van der Waals surface area contributed by atoms with Crippen molar-refractivity contribution in [2.75, 3.05) is 30.3 Å². The number of rotatable bonds is 5. The maximum atomic E-state index is 12.5. The summed E-state index contributed by atoms with van der Waals surface area (Å²) < 4.78 is 0. The van der Waals surface area contributed by atoms with Crippen molar-refractivity contribution in [1.82, 2.24) is 4.90 Å². The van der Waals surface area contributed by atoms with Crippen LogP contribution < -0.4 is 10.6 Å². The van der Waals surface area contributed by atoms with Crippen LogP contribution in [-0.4, -0.2) is 36.3 Å². The van der Waals surface area contributed by atoms with Crippen molar-refractivity contribution >= 4 is 23.2 Å². The summed E-state index contributed by atoms with van der Waals surface area (Å²) in [5, 5.41) is 5.93. The van der Waals surface area contributed by atoms with Gasteiger partial charge in [-0.25, -0.2) is 0 Å². The molecule has 1 heterocycles. The van der Waals surface area contributed by atoms with Crippen LogP contribution in [0.15, 0.2) is 54.6 Å². The lowest BCUT2D eigenvalue weighted by molar-refractivity contribution is -0.123. The van der Waals surface area contributed by atoms with Crippen LogP contribution in [0.3, 0.4) is 0 Å². The van der Waals surface area contributed by atoms with E-state index in [1.54, 1.807) is 0 Å². The second-order valence-electron chi connectivity index (χ2n) is 6.79. The number of piperidine rings is 1. The number of carbonyl (C=O) groups excluding carboxylic acids is 2. The van der Waals surface area contributed by atoms with E-state index in [1.807, 2.05) is 61.5 Å². The van der Waals surface area contributed by atoms with Crippen molar-refractivity contribution in [2.45, 2.75) is 19.8 Å². The van der Waals surface area contributed by atoms with E-state index < -0.39 is 0 Å². The Morgan fingerprint density at radius 1 is 1.04 bits per heavy atom. The minimum atomic E-state index is -0.0878. The highest BCUT2D eigenvalue weighted by atomic mass is 16.2. The standard InChI is InChI=1S/C21H25N3O2/c1-16-8-5-6-12-19(16)23-20(25)15-24-13-7-9-17(14-24)21(26)22-18-10-3-2-4-11-18/h2-6,8,10-12,17H,7,9,13-15H2,1H3,(H,22,26)(H,23,25)/t17-/m1/s1. The van der Waals surface area contributed by atoms with Gasteiger partial charge in [-0.15, -0.1) is 0 Å². The van der Waals surface area contributed by atoms with Crippen LogP contribution in [0, 0.1) is 12.8 Å². The third-order valence-electron chi connectivity index (χ3n) is 4.70. The molecule has 2 amide bonds. The zero-order chi connectivity index (χ0) is 18.4. The molecule has 3 rings (SSSR count). The van der Waals surface area contributed by atoms with Gasteiger partial charge >= 0.3 is 0 Å². The van der Waals surface area contributed by atoms with Crippen molar-refractivity contribution in [3.63, 3.8) is 0 Å². The maximum Gasteiger partial charge on any atom is 0.238 e. The molecular formula is C21H25N3O2. The van der Waals surface area contributed by atoms with E-state index in [2.05, 4.69) is 15.5 Å². The normalized spacial score (nSPS) is 17.5. The first-order valence-corrected chi connectivity index (χ1v) is 9.05. The lowest BCUT2D eigenvalue weighted by atomic mass is 9.97. The average molecular weight is 351 g/mol. The molecule has 26 heavy (non-hydrogen) atoms. The summed E-state index contributed by atoms with van der Waals surface area (Å²) in [6.07, 6.45) is 1.78. The minimum Gasteiger partial charge on any atom is -0.326 e. The molecule has 136 valence electrons. The molecule has 1 fully saturated rings. The van der Waals surface area contributed by atoms with Crippen molar-refractivity contribution in [3.8, 4) is 0 Å². The summed E-state index contributed by atoms with van der Waals surface area (Å²) in [6, 6.07) is 17.2. The van der Waals surface area contributed by atoms with Crippen LogP contribution in [0.1, 0.15) is 18.4 Å². The molecule has 1 aliphatic heterocycles. The molecule has 0 unspecified atom stereocenters. The van der Waals surface area contributed by atoms with Gasteiger partial charge in [0.1, 0.15) is 0 Å². The van der Waals surface area contributed by atoms with E-state index in [1.165, 1.54) is 0 Å². The monoisotopic (exact) mass is 351 g/mol. The van der Waals surface area contributed by atoms with Crippen molar-refractivity contribution < 1.29 is 9.59 Å². The number of likely N-dealkylation sites (tertiary alicyclic amines) is 1. The smallest absolute Gasteiger partial charge is 0.238 e. The zero-order valence-corrected chi connectivity index (χ0v) is 15.1. The Kier molecular flexibility index (Phi) is 6.02. The number of carbonyl (C=O) groups is 2. The first-order chi connectivity index (χ1) is 12.6. The van der Waals surface area contributed by atoms with E-state index in [0.717, 1.165) is 36.3 Å². The van der Waals surface area contributed by atoms with Crippen molar-refractivity contribution in [2.24, 2.45) is 5.92 Å². The van der Waals surface area contributed by atoms with Gasteiger partial charge in [0.15, 0.2) is 0 Å². The van der Waals surface area contributed by atoms with E-state index in [9.17, 15) is 9.59 Å².